The fraction of sp³-hybridized carbons (Fsp3) is 0.250. The lowest BCUT2D eigenvalue weighted by Crippen LogP contribution is -2.39. The van der Waals surface area contributed by atoms with Gasteiger partial charge in [0.1, 0.15) is 0 Å². The molecule has 0 spiro atoms. The number of carbonyl (C=O) groups is 2. The van der Waals surface area contributed by atoms with E-state index >= 15 is 0 Å². The van der Waals surface area contributed by atoms with Gasteiger partial charge in [0.05, 0.1) is 11.5 Å². The molecule has 0 bridgehead atoms. The van der Waals surface area contributed by atoms with Crippen molar-refractivity contribution in [1.82, 2.24) is 5.32 Å². The predicted octanol–water partition coefficient (Wildman–Crippen LogP) is 1.41. The number of carbonyl (C=O) groups excluding carboxylic acids is 2. The molecule has 0 radical (unpaired) electrons. The SMILES string of the molecule is Cc1cc(NC(=O)C(=O)NCC(N)=S)cc(C)c1Br. The summed E-state index contributed by atoms with van der Waals surface area (Å²) in [6.07, 6.45) is 0. The second-order valence-corrected chi connectivity index (χ2v) is 5.34. The fourth-order valence-electron chi connectivity index (χ4n) is 1.45. The molecule has 4 N–H and O–H groups in total. The van der Waals surface area contributed by atoms with Gasteiger partial charge in [-0.15, -0.1) is 0 Å². The quantitative estimate of drug-likeness (QED) is 0.572. The Bertz CT molecular complexity index is 523. The number of benzene rings is 1. The normalized spacial score (nSPS) is 9.84. The first kappa shape index (κ1) is 15.6. The summed E-state index contributed by atoms with van der Waals surface area (Å²) in [6.45, 7) is 3.80. The third-order valence-electron chi connectivity index (χ3n) is 2.32. The van der Waals surface area contributed by atoms with Gasteiger partial charge in [-0.05, 0) is 37.1 Å². The van der Waals surface area contributed by atoms with Gasteiger partial charge in [0.2, 0.25) is 0 Å². The Hall–Kier alpha value is -1.47. The Morgan fingerprint density at radius 3 is 2.26 bits per heavy atom. The maximum atomic E-state index is 11.6. The third kappa shape index (κ3) is 4.60. The van der Waals surface area contributed by atoms with Crippen LogP contribution in [-0.4, -0.2) is 23.3 Å². The average molecular weight is 344 g/mol. The van der Waals surface area contributed by atoms with Crippen LogP contribution in [0, 0.1) is 13.8 Å². The number of nitrogens with two attached hydrogens (primary N) is 1. The zero-order valence-corrected chi connectivity index (χ0v) is 12.9. The summed E-state index contributed by atoms with van der Waals surface area (Å²) in [5, 5.41) is 4.83. The van der Waals surface area contributed by atoms with Gasteiger partial charge in [0, 0.05) is 10.2 Å². The molecule has 0 saturated heterocycles. The second-order valence-electron chi connectivity index (χ2n) is 4.03. The van der Waals surface area contributed by atoms with Gasteiger partial charge in [-0.25, -0.2) is 0 Å². The zero-order valence-electron chi connectivity index (χ0n) is 10.5. The molecule has 5 nitrogen and oxygen atoms in total. The Morgan fingerprint density at radius 1 is 1.26 bits per heavy atom. The molecule has 1 rings (SSSR count). The standard InChI is InChI=1S/C12H14BrN3O2S/c1-6-3-8(4-7(2)10(6)13)16-12(18)11(17)15-5-9(14)19/h3-4H,5H2,1-2H3,(H2,14,19)(H,15,17)(H,16,18). The lowest BCUT2D eigenvalue weighted by Gasteiger charge is -2.09. The van der Waals surface area contributed by atoms with E-state index < -0.39 is 11.8 Å². The van der Waals surface area contributed by atoms with Gasteiger partial charge >= 0.3 is 11.8 Å². The van der Waals surface area contributed by atoms with E-state index in [2.05, 4.69) is 38.8 Å². The van der Waals surface area contributed by atoms with Crippen molar-refractivity contribution in [2.24, 2.45) is 5.73 Å². The molecular formula is C12H14BrN3O2S. The summed E-state index contributed by atoms with van der Waals surface area (Å²) in [5.74, 6) is -1.52. The molecule has 0 saturated carbocycles. The zero-order chi connectivity index (χ0) is 14.6. The minimum absolute atomic E-state index is 0.0000198. The molecule has 0 aliphatic heterocycles. The third-order valence-corrected chi connectivity index (χ3v) is 3.72. The van der Waals surface area contributed by atoms with E-state index in [9.17, 15) is 9.59 Å². The molecule has 0 aliphatic carbocycles. The van der Waals surface area contributed by atoms with E-state index in [-0.39, 0.29) is 11.5 Å². The largest absolute Gasteiger partial charge is 0.392 e. The van der Waals surface area contributed by atoms with E-state index in [1.807, 2.05) is 13.8 Å². The van der Waals surface area contributed by atoms with Crippen LogP contribution >= 0.6 is 28.1 Å². The van der Waals surface area contributed by atoms with Crippen LogP contribution in [0.2, 0.25) is 0 Å². The topological polar surface area (TPSA) is 84.2 Å². The van der Waals surface area contributed by atoms with Crippen LogP contribution in [0.3, 0.4) is 0 Å². The minimum Gasteiger partial charge on any atom is -0.392 e. The molecule has 0 heterocycles. The summed E-state index contributed by atoms with van der Waals surface area (Å²) in [6, 6.07) is 3.55. The van der Waals surface area contributed by atoms with Gasteiger partial charge in [-0.3, -0.25) is 9.59 Å². The Balaban J connectivity index is 2.72. The number of thiocarbonyl (C=S) groups is 1. The molecule has 102 valence electrons. The number of hydrogen-bond acceptors (Lipinski definition) is 3. The molecular weight excluding hydrogens is 330 g/mol. The van der Waals surface area contributed by atoms with Crippen LogP contribution in [0.4, 0.5) is 5.69 Å². The highest BCUT2D eigenvalue weighted by atomic mass is 79.9. The molecule has 19 heavy (non-hydrogen) atoms. The smallest absolute Gasteiger partial charge is 0.313 e. The van der Waals surface area contributed by atoms with Gasteiger partial charge in [0.15, 0.2) is 0 Å². The summed E-state index contributed by atoms with van der Waals surface area (Å²) in [4.78, 5) is 23.2. The highest BCUT2D eigenvalue weighted by Crippen LogP contribution is 2.24. The highest BCUT2D eigenvalue weighted by Gasteiger charge is 2.14. The number of halogens is 1. The van der Waals surface area contributed by atoms with Crippen LogP contribution in [-0.2, 0) is 9.59 Å². The van der Waals surface area contributed by atoms with Gasteiger partial charge in [-0.2, -0.15) is 0 Å². The average Bonchev–Trinajstić information content (AvgIpc) is 2.32. The van der Waals surface area contributed by atoms with Crippen molar-refractivity contribution in [3.05, 3.63) is 27.7 Å². The maximum absolute atomic E-state index is 11.6. The summed E-state index contributed by atoms with van der Waals surface area (Å²) < 4.78 is 0.975. The summed E-state index contributed by atoms with van der Waals surface area (Å²) >= 11 is 8.03. The van der Waals surface area contributed by atoms with Crippen LogP contribution in [0.25, 0.3) is 0 Å². The number of anilines is 1. The van der Waals surface area contributed by atoms with Crippen molar-refractivity contribution in [2.45, 2.75) is 13.8 Å². The second kappa shape index (κ2) is 6.63. The Kier molecular flexibility index (Phi) is 5.44. The fourth-order valence-corrected chi connectivity index (χ4v) is 1.75. The summed E-state index contributed by atoms with van der Waals surface area (Å²) in [5.41, 5.74) is 7.74. The first-order chi connectivity index (χ1) is 8.81. The predicted molar refractivity (Wildman–Crippen MR) is 82.0 cm³/mol. The van der Waals surface area contributed by atoms with Gasteiger partial charge in [0.25, 0.3) is 0 Å². The Labute approximate surface area is 125 Å². The van der Waals surface area contributed by atoms with Crippen LogP contribution in [0.1, 0.15) is 11.1 Å². The highest BCUT2D eigenvalue weighted by molar-refractivity contribution is 9.10. The van der Waals surface area contributed by atoms with E-state index in [4.69, 9.17) is 5.73 Å². The van der Waals surface area contributed by atoms with Crippen LogP contribution < -0.4 is 16.4 Å². The molecule has 0 aromatic heterocycles. The molecule has 0 unspecified atom stereocenters. The van der Waals surface area contributed by atoms with Crippen molar-refractivity contribution in [3.8, 4) is 0 Å². The molecule has 0 aliphatic rings. The van der Waals surface area contributed by atoms with Crippen molar-refractivity contribution in [2.75, 3.05) is 11.9 Å². The minimum atomic E-state index is -0.772. The van der Waals surface area contributed by atoms with E-state index in [1.54, 1.807) is 12.1 Å². The molecule has 2 amide bonds. The number of amides is 2. The van der Waals surface area contributed by atoms with Crippen LogP contribution in [0.15, 0.2) is 16.6 Å². The Morgan fingerprint density at radius 2 is 1.79 bits per heavy atom. The van der Waals surface area contributed by atoms with Crippen molar-refractivity contribution in [3.63, 3.8) is 0 Å². The van der Waals surface area contributed by atoms with Crippen molar-refractivity contribution >= 4 is 50.6 Å². The lowest BCUT2D eigenvalue weighted by molar-refractivity contribution is -0.135. The van der Waals surface area contributed by atoms with E-state index in [0.29, 0.717) is 5.69 Å². The number of aryl methyl sites for hydroxylation is 2. The van der Waals surface area contributed by atoms with Crippen LogP contribution in [0.5, 0.6) is 0 Å². The summed E-state index contributed by atoms with van der Waals surface area (Å²) in [7, 11) is 0. The van der Waals surface area contributed by atoms with E-state index in [0.717, 1.165) is 15.6 Å². The molecule has 1 aromatic rings. The molecule has 1 aromatic carbocycles. The molecule has 0 fully saturated rings. The molecule has 0 atom stereocenters. The number of rotatable bonds is 3. The monoisotopic (exact) mass is 343 g/mol. The molecule has 7 heteroatoms. The first-order valence-corrected chi connectivity index (χ1v) is 6.65. The maximum Gasteiger partial charge on any atom is 0.313 e. The van der Waals surface area contributed by atoms with Crippen molar-refractivity contribution < 1.29 is 9.59 Å². The van der Waals surface area contributed by atoms with Gasteiger partial charge in [-0.1, -0.05) is 28.1 Å². The van der Waals surface area contributed by atoms with E-state index in [1.165, 1.54) is 0 Å². The van der Waals surface area contributed by atoms with Crippen molar-refractivity contribution in [1.29, 1.82) is 0 Å². The number of hydrogen-bond donors (Lipinski definition) is 3. The van der Waals surface area contributed by atoms with Gasteiger partial charge < -0.3 is 16.4 Å². The lowest BCUT2D eigenvalue weighted by atomic mass is 10.1. The first-order valence-electron chi connectivity index (χ1n) is 5.45. The number of nitrogens with one attached hydrogen (secondary N) is 2.